The standard InChI is InChI=1S/C12H13N3O2/c13-6-5-11-14-12(17-15-11)9-7-16-10-4-2-1-3-8(9)10/h1-4,9H,5-7,13H2. The van der Waals surface area contributed by atoms with Gasteiger partial charge in [0.2, 0.25) is 5.89 Å². The number of aromatic nitrogens is 2. The second-order valence-corrected chi connectivity index (χ2v) is 3.99. The second-order valence-electron chi connectivity index (χ2n) is 3.99. The summed E-state index contributed by atoms with van der Waals surface area (Å²) in [6.07, 6.45) is 0.638. The first kappa shape index (κ1) is 10.3. The van der Waals surface area contributed by atoms with E-state index in [1.54, 1.807) is 0 Å². The normalized spacial score (nSPS) is 17.8. The van der Waals surface area contributed by atoms with Crippen LogP contribution in [0, 0.1) is 0 Å². The Morgan fingerprint density at radius 2 is 2.24 bits per heavy atom. The number of nitrogens with zero attached hydrogens (tertiary/aromatic N) is 2. The van der Waals surface area contributed by atoms with Crippen molar-refractivity contribution in [3.63, 3.8) is 0 Å². The third kappa shape index (κ3) is 1.78. The minimum Gasteiger partial charge on any atom is -0.492 e. The Morgan fingerprint density at radius 3 is 3.12 bits per heavy atom. The highest BCUT2D eigenvalue weighted by molar-refractivity contribution is 5.42. The zero-order chi connectivity index (χ0) is 11.7. The highest BCUT2D eigenvalue weighted by Gasteiger charge is 2.29. The molecular weight excluding hydrogens is 218 g/mol. The average molecular weight is 231 g/mol. The molecule has 1 aromatic carbocycles. The Balaban J connectivity index is 1.90. The van der Waals surface area contributed by atoms with Crippen molar-refractivity contribution in [1.29, 1.82) is 0 Å². The number of nitrogens with two attached hydrogens (primary N) is 1. The summed E-state index contributed by atoms with van der Waals surface area (Å²) in [6.45, 7) is 1.08. The van der Waals surface area contributed by atoms with Gasteiger partial charge in [-0.2, -0.15) is 4.98 Å². The first-order valence-corrected chi connectivity index (χ1v) is 5.63. The molecule has 5 nitrogen and oxygen atoms in total. The van der Waals surface area contributed by atoms with Crippen LogP contribution in [0.3, 0.4) is 0 Å². The maximum Gasteiger partial charge on any atom is 0.237 e. The van der Waals surface area contributed by atoms with Gasteiger partial charge < -0.3 is 15.0 Å². The van der Waals surface area contributed by atoms with Crippen molar-refractivity contribution in [1.82, 2.24) is 10.1 Å². The molecule has 5 heteroatoms. The lowest BCUT2D eigenvalue weighted by atomic mass is 10.0. The van der Waals surface area contributed by atoms with Crippen molar-refractivity contribution in [3.05, 3.63) is 41.5 Å². The minimum absolute atomic E-state index is 0.0465. The van der Waals surface area contributed by atoms with E-state index in [9.17, 15) is 0 Å². The van der Waals surface area contributed by atoms with Crippen LogP contribution < -0.4 is 10.5 Å². The molecule has 0 amide bonds. The van der Waals surface area contributed by atoms with Crippen molar-refractivity contribution in [2.75, 3.05) is 13.2 Å². The summed E-state index contributed by atoms with van der Waals surface area (Å²) in [5, 5.41) is 3.90. The molecular formula is C12H13N3O2. The second kappa shape index (κ2) is 4.18. The lowest BCUT2D eigenvalue weighted by Crippen LogP contribution is -2.05. The van der Waals surface area contributed by atoms with Gasteiger partial charge in [0, 0.05) is 12.0 Å². The third-order valence-corrected chi connectivity index (χ3v) is 2.85. The number of rotatable bonds is 3. The van der Waals surface area contributed by atoms with Crippen molar-refractivity contribution >= 4 is 0 Å². The molecule has 2 heterocycles. The molecule has 88 valence electrons. The van der Waals surface area contributed by atoms with Gasteiger partial charge in [-0.3, -0.25) is 0 Å². The summed E-state index contributed by atoms with van der Waals surface area (Å²) in [6, 6.07) is 7.92. The molecule has 3 rings (SSSR count). The Kier molecular flexibility index (Phi) is 2.53. The number of para-hydroxylation sites is 1. The van der Waals surface area contributed by atoms with E-state index in [1.165, 1.54) is 0 Å². The Morgan fingerprint density at radius 1 is 1.35 bits per heavy atom. The summed E-state index contributed by atoms with van der Waals surface area (Å²) in [5.41, 5.74) is 6.56. The molecule has 2 N–H and O–H groups in total. The lowest BCUT2D eigenvalue weighted by molar-refractivity contribution is 0.304. The predicted molar refractivity (Wildman–Crippen MR) is 60.8 cm³/mol. The highest BCUT2D eigenvalue weighted by atomic mass is 16.5. The van der Waals surface area contributed by atoms with Gasteiger partial charge in [-0.1, -0.05) is 23.4 Å². The fraction of sp³-hybridized carbons (Fsp3) is 0.333. The Labute approximate surface area is 98.6 Å². The van der Waals surface area contributed by atoms with Crippen LogP contribution in [-0.4, -0.2) is 23.3 Å². The van der Waals surface area contributed by atoms with E-state index in [-0.39, 0.29) is 5.92 Å². The zero-order valence-electron chi connectivity index (χ0n) is 9.30. The zero-order valence-corrected chi connectivity index (χ0v) is 9.30. The number of hydrogen-bond donors (Lipinski definition) is 1. The van der Waals surface area contributed by atoms with E-state index in [4.69, 9.17) is 15.0 Å². The molecule has 1 aliphatic heterocycles. The van der Waals surface area contributed by atoms with Crippen LogP contribution in [0.1, 0.15) is 23.2 Å². The molecule has 2 aromatic rings. The number of hydrogen-bond acceptors (Lipinski definition) is 5. The lowest BCUT2D eigenvalue weighted by Gasteiger charge is -2.01. The van der Waals surface area contributed by atoms with Gasteiger partial charge in [-0.15, -0.1) is 0 Å². The highest BCUT2D eigenvalue weighted by Crippen LogP contribution is 2.36. The molecule has 0 saturated heterocycles. The topological polar surface area (TPSA) is 74.2 Å². The largest absolute Gasteiger partial charge is 0.492 e. The van der Waals surface area contributed by atoms with Crippen LogP contribution in [0.2, 0.25) is 0 Å². The van der Waals surface area contributed by atoms with Crippen molar-refractivity contribution < 1.29 is 9.26 Å². The van der Waals surface area contributed by atoms with Crippen molar-refractivity contribution in [3.8, 4) is 5.75 Å². The maximum absolute atomic E-state index is 5.58. The molecule has 1 aromatic heterocycles. The van der Waals surface area contributed by atoms with E-state index in [0.717, 1.165) is 11.3 Å². The Bertz CT molecular complexity index is 524. The maximum atomic E-state index is 5.58. The van der Waals surface area contributed by atoms with Crippen LogP contribution in [-0.2, 0) is 6.42 Å². The Hall–Kier alpha value is -1.88. The fourth-order valence-corrected chi connectivity index (χ4v) is 2.01. The number of benzene rings is 1. The van der Waals surface area contributed by atoms with Crippen molar-refractivity contribution in [2.45, 2.75) is 12.3 Å². The molecule has 0 spiro atoms. The summed E-state index contributed by atoms with van der Waals surface area (Å²) in [4.78, 5) is 4.34. The van der Waals surface area contributed by atoms with E-state index >= 15 is 0 Å². The van der Waals surface area contributed by atoms with Crippen LogP contribution in [0.15, 0.2) is 28.8 Å². The van der Waals surface area contributed by atoms with Gasteiger partial charge in [0.25, 0.3) is 0 Å². The van der Waals surface area contributed by atoms with Gasteiger partial charge in [0.15, 0.2) is 5.82 Å². The van der Waals surface area contributed by atoms with Gasteiger partial charge in [-0.25, -0.2) is 0 Å². The molecule has 1 unspecified atom stereocenters. The van der Waals surface area contributed by atoms with E-state index in [2.05, 4.69) is 10.1 Å². The molecule has 0 fully saturated rings. The van der Waals surface area contributed by atoms with Crippen molar-refractivity contribution in [2.24, 2.45) is 5.73 Å². The summed E-state index contributed by atoms with van der Waals surface area (Å²) < 4.78 is 10.8. The molecule has 0 bridgehead atoms. The summed E-state index contributed by atoms with van der Waals surface area (Å²) in [5.74, 6) is 2.21. The first-order chi connectivity index (χ1) is 8.38. The quantitative estimate of drug-likeness (QED) is 0.856. The first-order valence-electron chi connectivity index (χ1n) is 5.63. The summed E-state index contributed by atoms with van der Waals surface area (Å²) >= 11 is 0. The molecule has 1 aliphatic rings. The smallest absolute Gasteiger partial charge is 0.237 e. The number of fused-ring (bicyclic) bond motifs is 1. The van der Waals surface area contributed by atoms with Crippen LogP contribution >= 0.6 is 0 Å². The van der Waals surface area contributed by atoms with Gasteiger partial charge in [0.1, 0.15) is 18.3 Å². The van der Waals surface area contributed by atoms with Gasteiger partial charge in [0.05, 0.1) is 0 Å². The van der Waals surface area contributed by atoms with E-state index in [0.29, 0.717) is 31.3 Å². The predicted octanol–water partition coefficient (Wildman–Crippen LogP) is 1.10. The molecule has 1 atom stereocenters. The minimum atomic E-state index is 0.0465. The third-order valence-electron chi connectivity index (χ3n) is 2.85. The van der Waals surface area contributed by atoms with Gasteiger partial charge >= 0.3 is 0 Å². The average Bonchev–Trinajstić information content (AvgIpc) is 2.95. The molecule has 0 radical (unpaired) electrons. The number of ether oxygens (including phenoxy) is 1. The molecule has 0 saturated carbocycles. The van der Waals surface area contributed by atoms with Crippen LogP contribution in [0.25, 0.3) is 0 Å². The van der Waals surface area contributed by atoms with Gasteiger partial charge in [-0.05, 0) is 12.6 Å². The van der Waals surface area contributed by atoms with Crippen LogP contribution in [0.4, 0.5) is 0 Å². The molecule has 0 aliphatic carbocycles. The fourth-order valence-electron chi connectivity index (χ4n) is 2.01. The summed E-state index contributed by atoms with van der Waals surface area (Å²) in [7, 11) is 0. The van der Waals surface area contributed by atoms with E-state index in [1.807, 2.05) is 24.3 Å². The SMILES string of the molecule is NCCc1noc(C2COc3ccccc32)n1. The van der Waals surface area contributed by atoms with E-state index < -0.39 is 0 Å². The monoisotopic (exact) mass is 231 g/mol. The van der Waals surface area contributed by atoms with Crippen LogP contribution in [0.5, 0.6) is 5.75 Å². The molecule has 17 heavy (non-hydrogen) atoms.